The van der Waals surface area contributed by atoms with Crippen LogP contribution in [-0.4, -0.2) is 44.5 Å². The lowest BCUT2D eigenvalue weighted by Crippen LogP contribution is -2.53. The Morgan fingerprint density at radius 3 is 1.95 bits per heavy atom. The number of carbonyl (C=O) groups is 1. The van der Waals surface area contributed by atoms with Crippen LogP contribution in [0.4, 0.5) is 22.0 Å². The number of hydrogen-bond donors (Lipinski definition) is 2. The van der Waals surface area contributed by atoms with Crippen molar-refractivity contribution in [1.82, 2.24) is 10.6 Å². The molecule has 3 rings (SSSR count). The minimum absolute atomic E-state index is 0.00889. The first-order chi connectivity index (χ1) is 20.4. The second-order valence-corrected chi connectivity index (χ2v) is 12.9. The third kappa shape index (κ3) is 9.33. The predicted octanol–water partition coefficient (Wildman–Crippen LogP) is 5.72. The first-order valence-corrected chi connectivity index (χ1v) is 15.1. The van der Waals surface area contributed by atoms with Crippen molar-refractivity contribution >= 4 is 15.7 Å². The summed E-state index contributed by atoms with van der Waals surface area (Å²) in [6.45, 7) is 2.19. The van der Waals surface area contributed by atoms with Crippen molar-refractivity contribution in [3.63, 3.8) is 0 Å². The zero-order valence-electron chi connectivity index (χ0n) is 23.9. The summed E-state index contributed by atoms with van der Waals surface area (Å²) in [5, 5.41) is 22.9. The fourth-order valence-corrected chi connectivity index (χ4v) is 5.09. The number of sulfone groups is 1. The molecule has 0 aromatic heterocycles. The van der Waals surface area contributed by atoms with E-state index in [1.165, 1.54) is 60.7 Å². The fourth-order valence-electron chi connectivity index (χ4n) is 4.46. The van der Waals surface area contributed by atoms with Gasteiger partial charge in [0.25, 0.3) is 0 Å². The third-order valence-electron chi connectivity index (χ3n) is 6.64. The molecule has 0 fully saturated rings. The number of rotatable bonds is 11. The van der Waals surface area contributed by atoms with Gasteiger partial charge in [-0.3, -0.25) is 10.1 Å². The maximum atomic E-state index is 14.7. The molecule has 7 nitrogen and oxygen atoms in total. The van der Waals surface area contributed by atoms with Gasteiger partial charge in [0.1, 0.15) is 23.6 Å². The van der Waals surface area contributed by atoms with Gasteiger partial charge in [0.15, 0.2) is 9.84 Å². The second-order valence-electron chi connectivity index (χ2n) is 10.8. The van der Waals surface area contributed by atoms with Crippen molar-refractivity contribution in [2.75, 3.05) is 6.26 Å². The van der Waals surface area contributed by atoms with Gasteiger partial charge in [-0.05, 0) is 60.4 Å². The first-order valence-electron chi connectivity index (χ1n) is 13.2. The molecule has 0 bridgehead atoms. The highest BCUT2D eigenvalue weighted by Gasteiger charge is 2.44. The second kappa shape index (κ2) is 13.5. The molecule has 232 valence electrons. The number of nitriles is 2. The van der Waals surface area contributed by atoms with Crippen LogP contribution in [-0.2, 0) is 21.1 Å². The van der Waals surface area contributed by atoms with E-state index in [0.29, 0.717) is 11.1 Å². The van der Waals surface area contributed by atoms with Crippen molar-refractivity contribution in [3.8, 4) is 23.3 Å². The molecule has 3 atom stereocenters. The lowest BCUT2D eigenvalue weighted by Gasteiger charge is -2.30. The molecule has 0 saturated carbocycles. The number of nitrogens with one attached hydrogen (secondary N) is 2. The van der Waals surface area contributed by atoms with Gasteiger partial charge in [0.2, 0.25) is 5.91 Å². The third-order valence-corrected chi connectivity index (χ3v) is 7.77. The molecule has 1 amide bonds. The lowest BCUT2D eigenvalue weighted by molar-refractivity contribution is -0.161. The fraction of sp³-hybridized carbons (Fsp3) is 0.323. The number of nitrogens with zero attached hydrogens (tertiary/aromatic N) is 2. The molecule has 0 spiro atoms. The van der Waals surface area contributed by atoms with Crippen LogP contribution in [0.5, 0.6) is 0 Å². The molecule has 13 heteroatoms. The number of alkyl halides is 4. The number of carbonyl (C=O) groups excluding carboxylic acids is 1. The van der Waals surface area contributed by atoms with E-state index in [1.54, 1.807) is 12.1 Å². The molecule has 2 N–H and O–H groups in total. The molecular formula is C31H29F5N4O3S. The summed E-state index contributed by atoms with van der Waals surface area (Å²) >= 11 is 0. The van der Waals surface area contributed by atoms with Gasteiger partial charge in [-0.1, -0.05) is 42.5 Å². The van der Waals surface area contributed by atoms with E-state index in [9.17, 15) is 40.4 Å². The Labute approximate surface area is 252 Å². The molecule has 0 heterocycles. The van der Waals surface area contributed by atoms with Crippen LogP contribution in [0.2, 0.25) is 0 Å². The zero-order valence-corrected chi connectivity index (χ0v) is 24.7. The van der Waals surface area contributed by atoms with Crippen LogP contribution in [0.1, 0.15) is 43.0 Å². The van der Waals surface area contributed by atoms with Crippen LogP contribution in [0.25, 0.3) is 11.1 Å². The highest BCUT2D eigenvalue weighted by atomic mass is 32.2. The van der Waals surface area contributed by atoms with Crippen LogP contribution >= 0.6 is 0 Å². The largest absolute Gasteiger partial charge is 0.407 e. The van der Waals surface area contributed by atoms with Gasteiger partial charge in [-0.15, -0.1) is 0 Å². The average molecular weight is 633 g/mol. The maximum absolute atomic E-state index is 14.7. The maximum Gasteiger partial charge on any atom is 0.407 e. The van der Waals surface area contributed by atoms with E-state index in [0.717, 1.165) is 26.2 Å². The van der Waals surface area contributed by atoms with E-state index in [1.807, 2.05) is 0 Å². The molecular weight excluding hydrogens is 603 g/mol. The summed E-state index contributed by atoms with van der Waals surface area (Å²) in [6, 6.07) is 12.5. The van der Waals surface area contributed by atoms with Gasteiger partial charge < -0.3 is 5.32 Å². The van der Waals surface area contributed by atoms with Gasteiger partial charge in [0, 0.05) is 19.1 Å². The Balaban J connectivity index is 1.85. The van der Waals surface area contributed by atoms with E-state index < -0.39 is 58.0 Å². The summed E-state index contributed by atoms with van der Waals surface area (Å²) in [5.41, 5.74) is -1.28. The Morgan fingerprint density at radius 1 is 0.932 bits per heavy atom. The Hall–Kier alpha value is -4.33. The molecule has 44 heavy (non-hydrogen) atoms. The zero-order chi connectivity index (χ0) is 32.9. The SMILES string of the molecule is CC(C)(F)CC(NC(c1ccc(-c2ccc(S(C)(=O)=O)cc2)cc1)C(F)(F)F)C(=O)N[C@H](C#N)Cc1ccc(C#N)cc1F. The minimum atomic E-state index is -4.92. The first kappa shape index (κ1) is 34.2. The number of benzene rings is 3. The smallest absolute Gasteiger partial charge is 0.339 e. The summed E-state index contributed by atoms with van der Waals surface area (Å²) in [6.07, 6.45) is -4.90. The lowest BCUT2D eigenvalue weighted by atomic mass is 9.96. The van der Waals surface area contributed by atoms with E-state index in [-0.39, 0.29) is 28.0 Å². The van der Waals surface area contributed by atoms with Crippen LogP contribution < -0.4 is 10.6 Å². The summed E-state index contributed by atoms with van der Waals surface area (Å²) in [7, 11) is -3.44. The summed E-state index contributed by atoms with van der Waals surface area (Å²) in [5.74, 6) is -1.89. The van der Waals surface area contributed by atoms with E-state index in [4.69, 9.17) is 5.26 Å². The molecule has 0 saturated heterocycles. The normalized spacial score (nSPS) is 14.1. The molecule has 0 aliphatic carbocycles. The van der Waals surface area contributed by atoms with Gasteiger partial charge >= 0.3 is 6.18 Å². The van der Waals surface area contributed by atoms with Crippen molar-refractivity contribution in [2.45, 2.75) is 61.6 Å². The molecule has 3 aromatic rings. The molecule has 0 aliphatic rings. The Kier molecular flexibility index (Phi) is 10.5. The van der Waals surface area contributed by atoms with Crippen LogP contribution in [0, 0.1) is 28.5 Å². The molecule has 3 aromatic carbocycles. The quantitative estimate of drug-likeness (QED) is 0.261. The van der Waals surface area contributed by atoms with Gasteiger partial charge in [-0.2, -0.15) is 23.7 Å². The topological polar surface area (TPSA) is 123 Å². The molecule has 2 unspecified atom stereocenters. The molecule has 0 radical (unpaired) electrons. The highest BCUT2D eigenvalue weighted by molar-refractivity contribution is 7.90. The minimum Gasteiger partial charge on any atom is -0.339 e. The van der Waals surface area contributed by atoms with Crippen molar-refractivity contribution in [1.29, 1.82) is 10.5 Å². The Morgan fingerprint density at radius 2 is 1.50 bits per heavy atom. The van der Waals surface area contributed by atoms with E-state index in [2.05, 4.69) is 10.6 Å². The van der Waals surface area contributed by atoms with Crippen molar-refractivity contribution < 1.29 is 35.2 Å². The standard InChI is InChI=1S/C31H29F5N4O3S/c1-30(2,33)16-27(29(41)39-24(18-38)15-23-5-4-19(17-37)14-26(23)32)40-28(31(34,35)36)22-8-6-20(7-9-22)21-10-12-25(13-11-21)44(3,42)43/h4-14,24,27-28,40H,15-16H2,1-3H3,(H,39,41)/t24-,27?,28?/m0/s1. The number of hydrogen-bond acceptors (Lipinski definition) is 6. The summed E-state index contributed by atoms with van der Waals surface area (Å²) < 4.78 is 95.4. The van der Waals surface area contributed by atoms with Crippen LogP contribution in [0.15, 0.2) is 71.6 Å². The number of amides is 1. The summed E-state index contributed by atoms with van der Waals surface area (Å²) in [4.78, 5) is 13.2. The average Bonchev–Trinajstić information content (AvgIpc) is 2.94. The van der Waals surface area contributed by atoms with Gasteiger partial charge in [0.05, 0.1) is 28.6 Å². The predicted molar refractivity (Wildman–Crippen MR) is 153 cm³/mol. The number of halogens is 5. The highest BCUT2D eigenvalue weighted by Crippen LogP contribution is 2.35. The monoisotopic (exact) mass is 632 g/mol. The Bertz CT molecular complexity index is 1670. The molecule has 0 aliphatic heterocycles. The van der Waals surface area contributed by atoms with Crippen molar-refractivity contribution in [3.05, 3.63) is 89.2 Å². The van der Waals surface area contributed by atoms with Crippen LogP contribution in [0.3, 0.4) is 0 Å². The van der Waals surface area contributed by atoms with Gasteiger partial charge in [-0.25, -0.2) is 17.2 Å². The van der Waals surface area contributed by atoms with Crippen molar-refractivity contribution in [2.24, 2.45) is 0 Å². The van der Waals surface area contributed by atoms with E-state index >= 15 is 0 Å².